The minimum Gasteiger partial charge on any atom is -0.337 e. The summed E-state index contributed by atoms with van der Waals surface area (Å²) in [6.45, 7) is 4.68. The minimum atomic E-state index is -0.320. The van der Waals surface area contributed by atoms with Gasteiger partial charge in [-0.1, -0.05) is 11.2 Å². The van der Waals surface area contributed by atoms with Gasteiger partial charge in [0.15, 0.2) is 0 Å². The van der Waals surface area contributed by atoms with E-state index in [-0.39, 0.29) is 17.9 Å². The molecule has 1 fully saturated rings. The van der Waals surface area contributed by atoms with Crippen molar-refractivity contribution < 1.29 is 13.7 Å². The second-order valence-electron chi connectivity index (χ2n) is 7.40. The highest BCUT2D eigenvalue weighted by molar-refractivity contribution is 5.89. The molecule has 2 amide bonds. The Bertz CT molecular complexity index is 1020. The van der Waals surface area contributed by atoms with E-state index < -0.39 is 0 Å². The Balaban J connectivity index is 1.53. The fourth-order valence-corrected chi connectivity index (χ4v) is 3.53. The highest BCUT2D eigenvalue weighted by Crippen LogP contribution is 2.32. The molecule has 0 aliphatic carbocycles. The molecule has 4 rings (SSSR count). The number of hydrogen-bond acceptors (Lipinski definition) is 4. The van der Waals surface area contributed by atoms with Crippen molar-refractivity contribution in [2.75, 3.05) is 11.9 Å². The van der Waals surface area contributed by atoms with E-state index in [2.05, 4.69) is 15.5 Å². The lowest BCUT2D eigenvalue weighted by Crippen LogP contribution is -2.41. The smallest absolute Gasteiger partial charge is 0.322 e. The number of nitrogens with zero attached hydrogens (tertiary/aromatic N) is 3. The molecule has 3 aromatic rings. The van der Waals surface area contributed by atoms with Gasteiger partial charge < -0.3 is 14.7 Å². The van der Waals surface area contributed by atoms with Crippen molar-refractivity contribution >= 4 is 11.7 Å². The molecule has 2 heterocycles. The lowest BCUT2D eigenvalue weighted by atomic mass is 10.0. The molecule has 1 aliphatic rings. The Morgan fingerprint density at radius 1 is 1.14 bits per heavy atom. The quantitative estimate of drug-likeness (QED) is 0.658. The van der Waals surface area contributed by atoms with Crippen LogP contribution in [0.4, 0.5) is 14.9 Å². The summed E-state index contributed by atoms with van der Waals surface area (Å²) >= 11 is 0. The van der Waals surface area contributed by atoms with Crippen molar-refractivity contribution in [3.63, 3.8) is 0 Å². The van der Waals surface area contributed by atoms with E-state index in [0.717, 1.165) is 30.5 Å². The van der Waals surface area contributed by atoms with Gasteiger partial charge in [-0.05, 0) is 80.6 Å². The van der Waals surface area contributed by atoms with E-state index in [1.54, 1.807) is 17.0 Å². The number of aromatic nitrogens is 2. The molecular formula is C22H23FN4O2. The number of carbonyl (C=O) groups excluding carboxylic acids is 1. The van der Waals surface area contributed by atoms with E-state index in [4.69, 9.17) is 4.52 Å². The summed E-state index contributed by atoms with van der Waals surface area (Å²) in [5.41, 5.74) is 3.74. The van der Waals surface area contributed by atoms with Crippen molar-refractivity contribution in [1.82, 2.24) is 15.0 Å². The number of rotatable bonds is 3. The van der Waals surface area contributed by atoms with Crippen LogP contribution in [-0.2, 0) is 0 Å². The van der Waals surface area contributed by atoms with Crippen LogP contribution < -0.4 is 5.32 Å². The van der Waals surface area contributed by atoms with Gasteiger partial charge in [0.2, 0.25) is 11.7 Å². The standard InChI is InChI=1S/C22H23FN4O2/c1-14-6-11-18(13-15(14)2)24-22(28)27-12-4-3-5-19(27)21-25-20(26-29-21)16-7-9-17(23)10-8-16/h6-11,13,19H,3-5,12H2,1-2H3,(H,24,28)/t19-/m0/s1. The topological polar surface area (TPSA) is 71.3 Å². The van der Waals surface area contributed by atoms with Gasteiger partial charge in [0.25, 0.3) is 0 Å². The van der Waals surface area contributed by atoms with Crippen LogP contribution in [0.15, 0.2) is 47.0 Å². The molecule has 0 radical (unpaired) electrons. The summed E-state index contributed by atoms with van der Waals surface area (Å²) in [6.07, 6.45) is 2.66. The molecular weight excluding hydrogens is 371 g/mol. The molecule has 29 heavy (non-hydrogen) atoms. The Hall–Kier alpha value is -3.22. The average Bonchev–Trinajstić information content (AvgIpc) is 3.21. The zero-order valence-corrected chi connectivity index (χ0v) is 16.5. The molecule has 2 aromatic carbocycles. The Morgan fingerprint density at radius 3 is 2.69 bits per heavy atom. The molecule has 1 aliphatic heterocycles. The molecule has 1 saturated heterocycles. The number of urea groups is 1. The third-order valence-corrected chi connectivity index (χ3v) is 5.35. The number of benzene rings is 2. The number of halogens is 1. The van der Waals surface area contributed by atoms with Crippen LogP contribution >= 0.6 is 0 Å². The van der Waals surface area contributed by atoms with Gasteiger partial charge in [-0.25, -0.2) is 9.18 Å². The van der Waals surface area contributed by atoms with Crippen LogP contribution in [0, 0.1) is 19.7 Å². The number of aryl methyl sites for hydroxylation is 2. The van der Waals surface area contributed by atoms with Crippen LogP contribution in [0.2, 0.25) is 0 Å². The predicted molar refractivity (Wildman–Crippen MR) is 108 cm³/mol. The molecule has 0 saturated carbocycles. The van der Waals surface area contributed by atoms with Gasteiger partial charge in [0.1, 0.15) is 11.9 Å². The number of likely N-dealkylation sites (tertiary alicyclic amines) is 1. The molecule has 1 N–H and O–H groups in total. The Morgan fingerprint density at radius 2 is 1.93 bits per heavy atom. The zero-order chi connectivity index (χ0) is 20.4. The van der Waals surface area contributed by atoms with Crippen molar-refractivity contribution in [3.8, 4) is 11.4 Å². The van der Waals surface area contributed by atoms with E-state index in [0.29, 0.717) is 23.8 Å². The molecule has 1 aromatic heterocycles. The Labute approximate surface area is 168 Å². The second kappa shape index (κ2) is 8.03. The average molecular weight is 394 g/mol. The number of hydrogen-bond donors (Lipinski definition) is 1. The minimum absolute atomic E-state index is 0.181. The number of piperidine rings is 1. The fourth-order valence-electron chi connectivity index (χ4n) is 3.53. The first-order valence-electron chi connectivity index (χ1n) is 9.75. The molecule has 0 bridgehead atoms. The van der Waals surface area contributed by atoms with Crippen molar-refractivity contribution in [2.24, 2.45) is 0 Å². The largest absolute Gasteiger partial charge is 0.337 e. The highest BCUT2D eigenvalue weighted by atomic mass is 19.1. The SMILES string of the molecule is Cc1ccc(NC(=O)N2CCCC[C@H]2c2nc(-c3ccc(F)cc3)no2)cc1C. The molecule has 6 nitrogen and oxygen atoms in total. The number of anilines is 1. The molecule has 1 atom stereocenters. The maximum absolute atomic E-state index is 13.1. The first-order chi connectivity index (χ1) is 14.0. The van der Waals surface area contributed by atoms with Gasteiger partial charge in [-0.2, -0.15) is 4.98 Å². The van der Waals surface area contributed by atoms with Crippen molar-refractivity contribution in [2.45, 2.75) is 39.2 Å². The van der Waals surface area contributed by atoms with Crippen LogP contribution in [-0.4, -0.2) is 27.6 Å². The van der Waals surface area contributed by atoms with Gasteiger partial charge in [0.05, 0.1) is 0 Å². The third kappa shape index (κ3) is 4.13. The van der Waals surface area contributed by atoms with Crippen LogP contribution in [0.1, 0.15) is 42.3 Å². The summed E-state index contributed by atoms with van der Waals surface area (Å²) in [4.78, 5) is 19.2. The number of carbonyl (C=O) groups is 1. The maximum Gasteiger partial charge on any atom is 0.322 e. The second-order valence-corrected chi connectivity index (χ2v) is 7.40. The summed E-state index contributed by atoms with van der Waals surface area (Å²) in [5.74, 6) is 0.471. The number of amides is 2. The van der Waals surface area contributed by atoms with Crippen LogP contribution in [0.25, 0.3) is 11.4 Å². The van der Waals surface area contributed by atoms with Crippen molar-refractivity contribution in [1.29, 1.82) is 0 Å². The molecule has 7 heteroatoms. The van der Waals surface area contributed by atoms with E-state index >= 15 is 0 Å². The first-order valence-corrected chi connectivity index (χ1v) is 9.75. The maximum atomic E-state index is 13.1. The summed E-state index contributed by atoms with van der Waals surface area (Å²) < 4.78 is 18.6. The molecule has 0 unspecified atom stereocenters. The monoisotopic (exact) mass is 394 g/mol. The third-order valence-electron chi connectivity index (χ3n) is 5.35. The number of nitrogens with one attached hydrogen (secondary N) is 1. The van der Waals surface area contributed by atoms with E-state index in [1.807, 2.05) is 32.0 Å². The van der Waals surface area contributed by atoms with Gasteiger partial charge >= 0.3 is 6.03 Å². The Kier molecular flexibility index (Phi) is 5.29. The molecule has 150 valence electrons. The van der Waals surface area contributed by atoms with Gasteiger partial charge in [-0.15, -0.1) is 0 Å². The van der Waals surface area contributed by atoms with Gasteiger partial charge in [-0.3, -0.25) is 0 Å². The fraction of sp³-hybridized carbons (Fsp3) is 0.318. The van der Waals surface area contributed by atoms with Gasteiger partial charge in [0, 0.05) is 17.8 Å². The highest BCUT2D eigenvalue weighted by Gasteiger charge is 2.32. The predicted octanol–water partition coefficient (Wildman–Crippen LogP) is 5.25. The normalized spacial score (nSPS) is 16.7. The lowest BCUT2D eigenvalue weighted by molar-refractivity contribution is 0.142. The summed E-state index contributed by atoms with van der Waals surface area (Å²) in [5, 5.41) is 7.00. The van der Waals surface area contributed by atoms with Crippen LogP contribution in [0.5, 0.6) is 0 Å². The van der Waals surface area contributed by atoms with E-state index in [9.17, 15) is 9.18 Å². The molecule has 0 spiro atoms. The summed E-state index contributed by atoms with van der Waals surface area (Å²) in [6, 6.07) is 11.3. The van der Waals surface area contributed by atoms with Crippen molar-refractivity contribution in [3.05, 3.63) is 65.3 Å². The van der Waals surface area contributed by atoms with Crippen LogP contribution in [0.3, 0.4) is 0 Å². The lowest BCUT2D eigenvalue weighted by Gasteiger charge is -2.33. The first kappa shape index (κ1) is 19.1. The van der Waals surface area contributed by atoms with E-state index in [1.165, 1.54) is 17.7 Å². The zero-order valence-electron chi connectivity index (χ0n) is 16.5. The summed E-state index contributed by atoms with van der Waals surface area (Å²) in [7, 11) is 0.